The molecule has 0 aliphatic heterocycles. The highest BCUT2D eigenvalue weighted by molar-refractivity contribution is 5.99. The smallest absolute Gasteiger partial charge is 0.307 e. The van der Waals surface area contributed by atoms with Gasteiger partial charge in [-0.05, 0) is 31.2 Å². The zero-order chi connectivity index (χ0) is 18.5. The van der Waals surface area contributed by atoms with E-state index in [1.165, 1.54) is 18.4 Å². The molecule has 3 rings (SSSR count). The quantitative estimate of drug-likeness (QED) is 0.426. The predicted octanol–water partition coefficient (Wildman–Crippen LogP) is 4.08. The number of rotatable bonds is 5. The normalized spacial score (nSPS) is 11.4. The molecule has 0 fully saturated rings. The number of aryl methyl sites for hydroxylation is 1. The average molecular weight is 349 g/mol. The first kappa shape index (κ1) is 17.1. The number of hydrazone groups is 1. The first-order valence-electron chi connectivity index (χ1n) is 7.79. The summed E-state index contributed by atoms with van der Waals surface area (Å²) in [7, 11) is 0. The van der Waals surface area contributed by atoms with Crippen molar-refractivity contribution in [2.45, 2.75) is 6.92 Å². The van der Waals surface area contributed by atoms with Gasteiger partial charge in [-0.25, -0.2) is 5.43 Å². The first-order chi connectivity index (χ1) is 12.6. The highest BCUT2D eigenvalue weighted by Crippen LogP contribution is 2.24. The van der Waals surface area contributed by atoms with Gasteiger partial charge in [-0.2, -0.15) is 5.10 Å². The van der Waals surface area contributed by atoms with Crippen LogP contribution in [0.3, 0.4) is 0 Å². The summed E-state index contributed by atoms with van der Waals surface area (Å²) in [5.41, 5.74) is 4.20. The van der Waals surface area contributed by atoms with Crippen molar-refractivity contribution in [3.63, 3.8) is 0 Å². The number of benzene rings is 2. The molecule has 26 heavy (non-hydrogen) atoms. The summed E-state index contributed by atoms with van der Waals surface area (Å²) in [6, 6.07) is 13.7. The van der Waals surface area contributed by atoms with Crippen LogP contribution >= 0.6 is 0 Å². The molecule has 1 aromatic heterocycles. The van der Waals surface area contributed by atoms with E-state index in [1.54, 1.807) is 37.3 Å². The molecule has 0 radical (unpaired) electrons. The lowest BCUT2D eigenvalue weighted by atomic mass is 10.1. The number of allylic oxidation sites excluding steroid dienone is 1. The summed E-state index contributed by atoms with van der Waals surface area (Å²) in [6.45, 7) is 1.80. The number of fused-ring (bicyclic) bond motifs is 1. The van der Waals surface area contributed by atoms with E-state index in [0.29, 0.717) is 11.1 Å². The molecule has 1 N–H and O–H groups in total. The van der Waals surface area contributed by atoms with Crippen LogP contribution in [0.25, 0.3) is 17.0 Å². The molecule has 1 heterocycles. The molecule has 0 aliphatic rings. The van der Waals surface area contributed by atoms with Crippen molar-refractivity contribution in [2.75, 3.05) is 0 Å². The number of para-hydroxylation sites is 2. The van der Waals surface area contributed by atoms with Crippen LogP contribution < -0.4 is 5.43 Å². The Hall–Kier alpha value is -3.74. The Morgan fingerprint density at radius 3 is 2.69 bits per heavy atom. The number of nitro groups is 1. The molecule has 0 bridgehead atoms. The molecule has 0 saturated carbocycles. The van der Waals surface area contributed by atoms with Gasteiger partial charge in [-0.15, -0.1) is 0 Å². The fourth-order valence-corrected chi connectivity index (χ4v) is 2.52. The zero-order valence-corrected chi connectivity index (χ0v) is 13.9. The lowest BCUT2D eigenvalue weighted by Gasteiger charge is -1.96. The van der Waals surface area contributed by atoms with Crippen molar-refractivity contribution < 1.29 is 14.1 Å². The number of hydrogen-bond acceptors (Lipinski definition) is 5. The summed E-state index contributed by atoms with van der Waals surface area (Å²) in [4.78, 5) is 22.7. The minimum atomic E-state index is -0.464. The third kappa shape index (κ3) is 3.51. The van der Waals surface area contributed by atoms with Gasteiger partial charge < -0.3 is 4.42 Å². The molecular formula is C19H15N3O4. The van der Waals surface area contributed by atoms with Gasteiger partial charge in [-0.3, -0.25) is 14.9 Å². The highest BCUT2D eigenvalue weighted by Gasteiger charge is 2.16. The van der Waals surface area contributed by atoms with Crippen molar-refractivity contribution in [1.29, 1.82) is 0 Å². The second kappa shape index (κ2) is 7.43. The molecule has 0 spiro atoms. The van der Waals surface area contributed by atoms with Crippen molar-refractivity contribution >= 4 is 34.9 Å². The maximum atomic E-state index is 12.2. The summed E-state index contributed by atoms with van der Waals surface area (Å²) in [5.74, 6) is -0.264. The lowest BCUT2D eigenvalue weighted by molar-refractivity contribution is -0.385. The molecule has 3 aromatic rings. The van der Waals surface area contributed by atoms with Crippen LogP contribution in [0, 0.1) is 17.0 Å². The fraction of sp³-hybridized carbons (Fsp3) is 0.0526. The second-order valence-corrected chi connectivity index (χ2v) is 5.45. The van der Waals surface area contributed by atoms with Gasteiger partial charge in [0, 0.05) is 23.2 Å². The number of amides is 1. The van der Waals surface area contributed by atoms with E-state index in [2.05, 4.69) is 10.5 Å². The highest BCUT2D eigenvalue weighted by atomic mass is 16.6. The maximum Gasteiger partial charge on any atom is 0.307 e. The number of carbonyl (C=O) groups excluding carboxylic acids is 1. The monoisotopic (exact) mass is 349 g/mol. The van der Waals surface area contributed by atoms with Crippen LogP contribution in [0.4, 0.5) is 5.69 Å². The maximum absolute atomic E-state index is 12.2. The van der Waals surface area contributed by atoms with Crippen LogP contribution in [0.2, 0.25) is 0 Å². The number of nitro benzene ring substituents is 1. The third-order valence-electron chi connectivity index (χ3n) is 3.79. The Morgan fingerprint density at radius 1 is 1.19 bits per heavy atom. The Balaban J connectivity index is 1.68. The topological polar surface area (TPSA) is 97.7 Å². The van der Waals surface area contributed by atoms with Crippen molar-refractivity contribution in [3.8, 4) is 0 Å². The van der Waals surface area contributed by atoms with Gasteiger partial charge in [0.05, 0.1) is 10.5 Å². The summed E-state index contributed by atoms with van der Waals surface area (Å²) in [6.07, 6.45) is 4.39. The van der Waals surface area contributed by atoms with Gasteiger partial charge >= 0.3 is 5.91 Å². The van der Waals surface area contributed by atoms with E-state index in [4.69, 9.17) is 4.42 Å². The van der Waals surface area contributed by atoms with E-state index in [9.17, 15) is 14.9 Å². The van der Waals surface area contributed by atoms with Gasteiger partial charge in [0.25, 0.3) is 5.69 Å². The van der Waals surface area contributed by atoms with Gasteiger partial charge in [0.2, 0.25) is 0 Å². The number of hydrogen-bond donors (Lipinski definition) is 1. The van der Waals surface area contributed by atoms with E-state index in [0.717, 1.165) is 10.9 Å². The molecule has 0 aliphatic carbocycles. The Labute approximate surface area is 148 Å². The average Bonchev–Trinajstić information content (AvgIpc) is 2.99. The number of carbonyl (C=O) groups is 1. The molecule has 0 saturated heterocycles. The molecule has 0 unspecified atom stereocenters. The third-order valence-corrected chi connectivity index (χ3v) is 3.79. The van der Waals surface area contributed by atoms with Crippen LogP contribution in [-0.2, 0) is 0 Å². The largest absolute Gasteiger partial charge is 0.451 e. The van der Waals surface area contributed by atoms with E-state index >= 15 is 0 Å². The molecule has 0 atom stereocenters. The van der Waals surface area contributed by atoms with Crippen LogP contribution in [0.1, 0.15) is 21.7 Å². The second-order valence-electron chi connectivity index (χ2n) is 5.45. The Kier molecular flexibility index (Phi) is 4.89. The zero-order valence-electron chi connectivity index (χ0n) is 13.9. The van der Waals surface area contributed by atoms with Gasteiger partial charge in [0.15, 0.2) is 5.76 Å². The summed E-state index contributed by atoms with van der Waals surface area (Å²) in [5, 5.41) is 15.6. The van der Waals surface area contributed by atoms with Crippen molar-refractivity contribution in [2.24, 2.45) is 5.10 Å². The van der Waals surface area contributed by atoms with E-state index in [-0.39, 0.29) is 11.4 Å². The first-order valence-corrected chi connectivity index (χ1v) is 7.79. The van der Waals surface area contributed by atoms with Gasteiger partial charge in [0.1, 0.15) is 5.58 Å². The van der Waals surface area contributed by atoms with Crippen LogP contribution in [-0.4, -0.2) is 17.0 Å². The van der Waals surface area contributed by atoms with Crippen molar-refractivity contribution in [3.05, 3.63) is 81.6 Å². The van der Waals surface area contributed by atoms with E-state index in [1.807, 2.05) is 18.2 Å². The minimum absolute atomic E-state index is 0.000846. The molecule has 7 nitrogen and oxygen atoms in total. The molecule has 130 valence electrons. The Bertz CT molecular complexity index is 1030. The number of nitrogens with zero attached hydrogens (tertiary/aromatic N) is 2. The van der Waals surface area contributed by atoms with Gasteiger partial charge in [-0.1, -0.05) is 30.3 Å². The number of furan rings is 1. The standard InChI is InChI=1S/C19H15N3O4/c1-13-15-9-3-5-11-17(15)26-18(13)19(23)21-20-12-6-8-14-7-2-4-10-16(14)22(24)25/h2-12H,1H3,(H,21,23). The lowest BCUT2D eigenvalue weighted by Crippen LogP contribution is -2.17. The summed E-state index contributed by atoms with van der Waals surface area (Å²) < 4.78 is 5.55. The molecule has 2 aromatic carbocycles. The van der Waals surface area contributed by atoms with Crippen LogP contribution in [0.5, 0.6) is 0 Å². The fourth-order valence-electron chi connectivity index (χ4n) is 2.52. The molecule has 7 heteroatoms. The van der Waals surface area contributed by atoms with Crippen molar-refractivity contribution in [1.82, 2.24) is 5.43 Å². The SMILES string of the molecule is Cc1c(C(=O)NN=CC=Cc2ccccc2[N+](=O)[O-])oc2ccccc12. The summed E-state index contributed by atoms with van der Waals surface area (Å²) >= 11 is 0. The van der Waals surface area contributed by atoms with Crippen LogP contribution in [0.15, 0.2) is 64.1 Å². The Morgan fingerprint density at radius 2 is 1.92 bits per heavy atom. The van der Waals surface area contributed by atoms with E-state index < -0.39 is 10.8 Å². The molecule has 1 amide bonds. The minimum Gasteiger partial charge on any atom is -0.451 e. The number of nitrogens with one attached hydrogen (secondary N) is 1. The predicted molar refractivity (Wildman–Crippen MR) is 99.0 cm³/mol. The molecular weight excluding hydrogens is 334 g/mol.